The van der Waals surface area contributed by atoms with Crippen LogP contribution in [0.1, 0.15) is 31.9 Å². The topological polar surface area (TPSA) is 47.3 Å². The highest BCUT2D eigenvalue weighted by atomic mass is 35.5. The van der Waals surface area contributed by atoms with Crippen molar-refractivity contribution >= 4 is 11.6 Å². The van der Waals surface area contributed by atoms with E-state index in [4.69, 9.17) is 22.2 Å². The Labute approximate surface area is 121 Å². The molecular weight excluding hydrogens is 260 g/mol. The molecule has 0 bridgehead atoms. The molecule has 3 nitrogen and oxygen atoms in total. The van der Waals surface area contributed by atoms with Crippen molar-refractivity contribution in [3.8, 4) is 0 Å². The van der Waals surface area contributed by atoms with Crippen molar-refractivity contribution in [1.29, 1.82) is 0 Å². The number of benzene rings is 1. The van der Waals surface area contributed by atoms with Gasteiger partial charge in [-0.25, -0.2) is 0 Å². The number of rotatable bonds is 7. The lowest BCUT2D eigenvalue weighted by Crippen LogP contribution is -2.49. The first-order valence-electron chi connectivity index (χ1n) is 6.82. The molecule has 0 aliphatic rings. The highest BCUT2D eigenvalue weighted by Crippen LogP contribution is 2.22. The predicted octanol–water partition coefficient (Wildman–Crippen LogP) is 3.08. The number of nitrogens with one attached hydrogen (secondary N) is 1. The zero-order valence-electron chi connectivity index (χ0n) is 12.2. The number of hydrogen-bond acceptors (Lipinski definition) is 3. The van der Waals surface area contributed by atoms with Gasteiger partial charge in [0.15, 0.2) is 0 Å². The third-order valence-corrected chi connectivity index (χ3v) is 3.63. The van der Waals surface area contributed by atoms with Crippen LogP contribution in [0.25, 0.3) is 0 Å². The van der Waals surface area contributed by atoms with E-state index in [9.17, 15) is 0 Å². The molecule has 0 aromatic heterocycles. The maximum Gasteiger partial charge on any atom is 0.0767 e. The molecule has 4 heteroatoms. The van der Waals surface area contributed by atoms with Crippen molar-refractivity contribution in [1.82, 2.24) is 5.43 Å². The van der Waals surface area contributed by atoms with Crippen molar-refractivity contribution in [2.45, 2.75) is 46.3 Å². The Morgan fingerprint density at radius 1 is 1.37 bits per heavy atom. The van der Waals surface area contributed by atoms with Crippen LogP contribution in [0.5, 0.6) is 0 Å². The minimum Gasteiger partial charge on any atom is -0.377 e. The molecule has 2 atom stereocenters. The summed E-state index contributed by atoms with van der Waals surface area (Å²) in [5.41, 5.74) is 5.14. The maximum absolute atomic E-state index is 6.28. The van der Waals surface area contributed by atoms with Crippen LogP contribution >= 0.6 is 11.6 Å². The van der Waals surface area contributed by atoms with Crippen molar-refractivity contribution in [3.05, 3.63) is 34.3 Å². The standard InChI is InChI=1S/C15H25ClN2O/c1-5-19-15(10(2)3)14(18-17)9-12-7-6-11(4)8-13(12)16/h6-8,10,14-15,18H,5,9,17H2,1-4H3. The number of hydrogen-bond donors (Lipinski definition) is 2. The summed E-state index contributed by atoms with van der Waals surface area (Å²) in [6, 6.07) is 6.17. The fourth-order valence-corrected chi connectivity index (χ4v) is 2.60. The van der Waals surface area contributed by atoms with Gasteiger partial charge in [-0.1, -0.05) is 37.6 Å². The second kappa shape index (κ2) is 7.85. The molecule has 3 N–H and O–H groups in total. The molecule has 1 rings (SSSR count). The number of aryl methyl sites for hydroxylation is 1. The van der Waals surface area contributed by atoms with Gasteiger partial charge in [0, 0.05) is 11.6 Å². The second-order valence-electron chi connectivity index (χ2n) is 5.24. The van der Waals surface area contributed by atoms with Crippen LogP contribution in [0.2, 0.25) is 5.02 Å². The molecule has 0 fully saturated rings. The molecule has 19 heavy (non-hydrogen) atoms. The normalized spacial score (nSPS) is 14.7. The van der Waals surface area contributed by atoms with Gasteiger partial charge in [0.2, 0.25) is 0 Å². The van der Waals surface area contributed by atoms with Crippen LogP contribution in [-0.2, 0) is 11.2 Å². The molecule has 0 aliphatic carbocycles. The van der Waals surface area contributed by atoms with Crippen molar-refractivity contribution < 1.29 is 4.74 Å². The van der Waals surface area contributed by atoms with Crippen LogP contribution in [0.15, 0.2) is 18.2 Å². The van der Waals surface area contributed by atoms with E-state index >= 15 is 0 Å². The average molecular weight is 285 g/mol. The van der Waals surface area contributed by atoms with Gasteiger partial charge in [-0.3, -0.25) is 11.3 Å². The summed E-state index contributed by atoms with van der Waals surface area (Å²) in [4.78, 5) is 0. The molecular formula is C15H25ClN2O. The van der Waals surface area contributed by atoms with Gasteiger partial charge in [-0.2, -0.15) is 0 Å². The highest BCUT2D eigenvalue weighted by Gasteiger charge is 2.25. The van der Waals surface area contributed by atoms with Crippen LogP contribution in [0.4, 0.5) is 0 Å². The fourth-order valence-electron chi connectivity index (χ4n) is 2.29. The van der Waals surface area contributed by atoms with Crippen LogP contribution in [0.3, 0.4) is 0 Å². The molecule has 0 aliphatic heterocycles. The molecule has 2 unspecified atom stereocenters. The highest BCUT2D eigenvalue weighted by molar-refractivity contribution is 6.31. The quantitative estimate of drug-likeness (QED) is 0.597. The molecule has 0 spiro atoms. The Morgan fingerprint density at radius 3 is 2.53 bits per heavy atom. The fraction of sp³-hybridized carbons (Fsp3) is 0.600. The average Bonchev–Trinajstić information content (AvgIpc) is 2.35. The lowest BCUT2D eigenvalue weighted by molar-refractivity contribution is 0.00356. The molecule has 0 saturated carbocycles. The zero-order valence-corrected chi connectivity index (χ0v) is 13.0. The lowest BCUT2D eigenvalue weighted by Gasteiger charge is -2.29. The summed E-state index contributed by atoms with van der Waals surface area (Å²) in [5, 5.41) is 0.791. The van der Waals surface area contributed by atoms with Crippen LogP contribution < -0.4 is 11.3 Å². The van der Waals surface area contributed by atoms with Gasteiger partial charge in [-0.05, 0) is 43.4 Å². The Kier molecular flexibility index (Phi) is 6.80. The lowest BCUT2D eigenvalue weighted by atomic mass is 9.94. The molecule has 0 amide bonds. The largest absolute Gasteiger partial charge is 0.377 e. The van der Waals surface area contributed by atoms with Gasteiger partial charge in [-0.15, -0.1) is 0 Å². The summed E-state index contributed by atoms with van der Waals surface area (Å²) >= 11 is 6.28. The summed E-state index contributed by atoms with van der Waals surface area (Å²) < 4.78 is 5.81. The third kappa shape index (κ3) is 4.77. The number of hydrazine groups is 1. The van der Waals surface area contributed by atoms with E-state index in [2.05, 4.69) is 31.4 Å². The van der Waals surface area contributed by atoms with Gasteiger partial charge in [0.05, 0.1) is 12.1 Å². The van der Waals surface area contributed by atoms with Crippen molar-refractivity contribution in [2.75, 3.05) is 6.61 Å². The van der Waals surface area contributed by atoms with E-state index in [1.54, 1.807) is 0 Å². The van der Waals surface area contributed by atoms with Crippen LogP contribution in [0, 0.1) is 12.8 Å². The van der Waals surface area contributed by atoms with Gasteiger partial charge in [0.25, 0.3) is 0 Å². The molecule has 0 radical (unpaired) electrons. The number of ether oxygens (including phenoxy) is 1. The van der Waals surface area contributed by atoms with E-state index in [1.807, 2.05) is 19.9 Å². The number of halogens is 1. The summed E-state index contributed by atoms with van der Waals surface area (Å²) in [7, 11) is 0. The number of nitrogens with two attached hydrogens (primary N) is 1. The third-order valence-electron chi connectivity index (χ3n) is 3.28. The molecule has 1 aromatic rings. The van der Waals surface area contributed by atoms with Crippen molar-refractivity contribution in [3.63, 3.8) is 0 Å². The SMILES string of the molecule is CCOC(C(C)C)C(Cc1ccc(C)cc1Cl)NN. The first kappa shape index (κ1) is 16.4. The van der Waals surface area contributed by atoms with E-state index in [1.165, 1.54) is 0 Å². The smallest absolute Gasteiger partial charge is 0.0767 e. The van der Waals surface area contributed by atoms with E-state index in [-0.39, 0.29) is 12.1 Å². The predicted molar refractivity (Wildman–Crippen MR) is 81.3 cm³/mol. The Hall–Kier alpha value is -0.610. The van der Waals surface area contributed by atoms with E-state index in [0.717, 1.165) is 22.6 Å². The van der Waals surface area contributed by atoms with E-state index < -0.39 is 0 Å². The summed E-state index contributed by atoms with van der Waals surface area (Å²) in [5.74, 6) is 6.09. The minimum atomic E-state index is 0.0557. The van der Waals surface area contributed by atoms with E-state index in [0.29, 0.717) is 12.5 Å². The molecule has 0 heterocycles. The van der Waals surface area contributed by atoms with Crippen LogP contribution in [-0.4, -0.2) is 18.8 Å². The molecule has 0 saturated heterocycles. The van der Waals surface area contributed by atoms with Gasteiger partial charge in [0.1, 0.15) is 0 Å². The Bertz CT molecular complexity index is 396. The van der Waals surface area contributed by atoms with Gasteiger partial charge < -0.3 is 4.74 Å². The monoisotopic (exact) mass is 284 g/mol. The summed E-state index contributed by atoms with van der Waals surface area (Å²) in [6.45, 7) is 9.00. The maximum atomic E-state index is 6.28. The molecule has 1 aromatic carbocycles. The van der Waals surface area contributed by atoms with Gasteiger partial charge >= 0.3 is 0 Å². The minimum absolute atomic E-state index is 0.0557. The summed E-state index contributed by atoms with van der Waals surface area (Å²) in [6.07, 6.45) is 0.839. The second-order valence-corrected chi connectivity index (χ2v) is 5.64. The Morgan fingerprint density at radius 2 is 2.05 bits per heavy atom. The first-order chi connectivity index (χ1) is 8.99. The van der Waals surface area contributed by atoms with Crippen molar-refractivity contribution in [2.24, 2.45) is 11.8 Å². The Balaban J connectivity index is 2.85. The first-order valence-corrected chi connectivity index (χ1v) is 7.20. The zero-order chi connectivity index (χ0) is 14.4. The molecule has 108 valence electrons.